The molecule has 1 aromatic carbocycles. The van der Waals surface area contributed by atoms with Crippen LogP contribution in [0.2, 0.25) is 0 Å². The summed E-state index contributed by atoms with van der Waals surface area (Å²) in [6.07, 6.45) is 6.50. The molecule has 2 aromatic rings. The number of rotatable bonds is 4. The first kappa shape index (κ1) is 16.3. The first-order valence-electron chi connectivity index (χ1n) is 8.97. The highest BCUT2D eigenvalue weighted by atomic mass is 16.5. The zero-order valence-electron chi connectivity index (χ0n) is 14.4. The molecular formula is C19H24N4O2. The third-order valence-electron chi connectivity index (χ3n) is 5.11. The van der Waals surface area contributed by atoms with E-state index < -0.39 is 0 Å². The van der Waals surface area contributed by atoms with E-state index in [4.69, 9.17) is 4.74 Å². The molecule has 3 heterocycles. The maximum atomic E-state index is 12.8. The van der Waals surface area contributed by atoms with Gasteiger partial charge in [0.1, 0.15) is 0 Å². The lowest BCUT2D eigenvalue weighted by Gasteiger charge is -2.29. The van der Waals surface area contributed by atoms with Gasteiger partial charge in [-0.3, -0.25) is 9.69 Å². The molecule has 25 heavy (non-hydrogen) atoms. The van der Waals surface area contributed by atoms with Crippen molar-refractivity contribution < 1.29 is 9.53 Å². The predicted molar refractivity (Wildman–Crippen MR) is 94.8 cm³/mol. The van der Waals surface area contributed by atoms with E-state index in [2.05, 4.69) is 9.88 Å². The third kappa shape index (κ3) is 3.75. The van der Waals surface area contributed by atoms with Gasteiger partial charge in [-0.1, -0.05) is 0 Å². The number of nitrogens with zero attached hydrogens (tertiary/aromatic N) is 4. The van der Waals surface area contributed by atoms with E-state index in [1.54, 1.807) is 12.5 Å². The van der Waals surface area contributed by atoms with E-state index in [0.29, 0.717) is 5.92 Å². The molecule has 0 unspecified atom stereocenters. The molecule has 0 N–H and O–H groups in total. The summed E-state index contributed by atoms with van der Waals surface area (Å²) in [6.45, 7) is 6.49. The van der Waals surface area contributed by atoms with Gasteiger partial charge in [0.05, 0.1) is 19.5 Å². The Morgan fingerprint density at radius 1 is 1.16 bits per heavy atom. The van der Waals surface area contributed by atoms with Gasteiger partial charge in [0, 0.05) is 56.4 Å². The SMILES string of the molecule is O=C(c1ccc(-n2ccnc2)cc1)N1CC[C@H](CN2CCOCC2)C1. The first-order valence-corrected chi connectivity index (χ1v) is 8.97. The number of hydrogen-bond acceptors (Lipinski definition) is 4. The summed E-state index contributed by atoms with van der Waals surface area (Å²) in [7, 11) is 0. The molecule has 1 aromatic heterocycles. The van der Waals surface area contributed by atoms with E-state index in [0.717, 1.165) is 63.6 Å². The molecule has 0 bridgehead atoms. The number of morpholine rings is 1. The van der Waals surface area contributed by atoms with E-state index in [9.17, 15) is 4.79 Å². The molecule has 6 nitrogen and oxygen atoms in total. The van der Waals surface area contributed by atoms with Gasteiger partial charge >= 0.3 is 0 Å². The van der Waals surface area contributed by atoms with Crippen LogP contribution in [-0.4, -0.2) is 71.2 Å². The fourth-order valence-electron chi connectivity index (χ4n) is 3.69. The maximum absolute atomic E-state index is 12.8. The molecule has 2 aliphatic rings. The smallest absolute Gasteiger partial charge is 0.253 e. The van der Waals surface area contributed by atoms with Crippen molar-refractivity contribution >= 4 is 5.91 Å². The van der Waals surface area contributed by atoms with Crippen molar-refractivity contribution in [2.45, 2.75) is 6.42 Å². The normalized spacial score (nSPS) is 21.6. The van der Waals surface area contributed by atoms with Crippen LogP contribution in [0, 0.1) is 5.92 Å². The number of ether oxygens (including phenoxy) is 1. The van der Waals surface area contributed by atoms with Crippen LogP contribution in [0.15, 0.2) is 43.0 Å². The molecule has 2 fully saturated rings. The van der Waals surface area contributed by atoms with Gasteiger partial charge in [-0.25, -0.2) is 4.98 Å². The molecule has 4 rings (SSSR count). The minimum Gasteiger partial charge on any atom is -0.379 e. The number of carbonyl (C=O) groups is 1. The zero-order chi connectivity index (χ0) is 17.1. The minimum absolute atomic E-state index is 0.140. The fourth-order valence-corrected chi connectivity index (χ4v) is 3.69. The van der Waals surface area contributed by atoms with Crippen LogP contribution in [0.25, 0.3) is 5.69 Å². The Balaban J connectivity index is 1.35. The number of benzene rings is 1. The van der Waals surface area contributed by atoms with Gasteiger partial charge in [-0.05, 0) is 36.6 Å². The van der Waals surface area contributed by atoms with E-state index in [1.165, 1.54) is 0 Å². The number of likely N-dealkylation sites (tertiary alicyclic amines) is 1. The largest absolute Gasteiger partial charge is 0.379 e. The Morgan fingerprint density at radius 3 is 2.68 bits per heavy atom. The van der Waals surface area contributed by atoms with Gasteiger partial charge in [-0.15, -0.1) is 0 Å². The monoisotopic (exact) mass is 340 g/mol. The number of hydrogen-bond donors (Lipinski definition) is 0. The van der Waals surface area contributed by atoms with Crippen molar-refractivity contribution in [1.29, 1.82) is 0 Å². The standard InChI is InChI=1S/C19H24N4O2/c24-19(17-1-3-18(4-2-17)23-8-6-20-15-23)22-7-5-16(14-22)13-21-9-11-25-12-10-21/h1-4,6,8,15-16H,5,7,9-14H2/t16-/m1/s1. The van der Waals surface area contributed by atoms with Crippen LogP contribution in [0.3, 0.4) is 0 Å². The van der Waals surface area contributed by atoms with Crippen molar-refractivity contribution in [3.05, 3.63) is 48.5 Å². The molecule has 6 heteroatoms. The lowest BCUT2D eigenvalue weighted by Crippen LogP contribution is -2.40. The van der Waals surface area contributed by atoms with Crippen molar-refractivity contribution in [3.63, 3.8) is 0 Å². The zero-order valence-corrected chi connectivity index (χ0v) is 14.4. The quantitative estimate of drug-likeness (QED) is 0.849. The second-order valence-corrected chi connectivity index (χ2v) is 6.84. The maximum Gasteiger partial charge on any atom is 0.253 e. The molecule has 2 aliphatic heterocycles. The summed E-state index contributed by atoms with van der Waals surface area (Å²) in [4.78, 5) is 21.3. The van der Waals surface area contributed by atoms with Gasteiger partial charge in [0.25, 0.3) is 5.91 Å². The number of aromatic nitrogens is 2. The van der Waals surface area contributed by atoms with Crippen LogP contribution < -0.4 is 0 Å². The first-order chi connectivity index (χ1) is 12.3. The molecule has 2 saturated heterocycles. The lowest BCUT2D eigenvalue weighted by atomic mass is 10.1. The summed E-state index contributed by atoms with van der Waals surface area (Å²) in [5.41, 5.74) is 1.77. The van der Waals surface area contributed by atoms with Gasteiger partial charge < -0.3 is 14.2 Å². The van der Waals surface area contributed by atoms with Crippen molar-refractivity contribution in [2.24, 2.45) is 5.92 Å². The summed E-state index contributed by atoms with van der Waals surface area (Å²) < 4.78 is 7.34. The van der Waals surface area contributed by atoms with Crippen LogP contribution >= 0.6 is 0 Å². The Morgan fingerprint density at radius 2 is 1.96 bits per heavy atom. The topological polar surface area (TPSA) is 50.6 Å². The summed E-state index contributed by atoms with van der Waals surface area (Å²) in [5, 5.41) is 0. The highest BCUT2D eigenvalue weighted by Gasteiger charge is 2.28. The van der Waals surface area contributed by atoms with E-state index in [-0.39, 0.29) is 5.91 Å². The Kier molecular flexibility index (Phi) is 4.81. The van der Waals surface area contributed by atoms with Crippen molar-refractivity contribution in [1.82, 2.24) is 19.4 Å². The van der Waals surface area contributed by atoms with Crippen LogP contribution in [0.5, 0.6) is 0 Å². The highest BCUT2D eigenvalue weighted by molar-refractivity contribution is 5.94. The lowest BCUT2D eigenvalue weighted by molar-refractivity contribution is 0.0310. The van der Waals surface area contributed by atoms with Gasteiger partial charge in [-0.2, -0.15) is 0 Å². The Labute approximate surface area is 148 Å². The molecule has 0 aliphatic carbocycles. The summed E-state index contributed by atoms with van der Waals surface area (Å²) >= 11 is 0. The average Bonchev–Trinajstić information content (AvgIpc) is 3.34. The molecule has 132 valence electrons. The van der Waals surface area contributed by atoms with Crippen molar-refractivity contribution in [2.75, 3.05) is 45.9 Å². The minimum atomic E-state index is 0.140. The molecule has 1 amide bonds. The molecule has 1 atom stereocenters. The number of imidazole rings is 1. The number of amides is 1. The number of carbonyl (C=O) groups excluding carboxylic acids is 1. The van der Waals surface area contributed by atoms with Crippen LogP contribution in [0.4, 0.5) is 0 Å². The summed E-state index contributed by atoms with van der Waals surface area (Å²) in [6, 6.07) is 7.76. The van der Waals surface area contributed by atoms with E-state index in [1.807, 2.05) is 39.9 Å². The molecule has 0 radical (unpaired) electrons. The van der Waals surface area contributed by atoms with Gasteiger partial charge in [0.15, 0.2) is 0 Å². The molecule has 0 spiro atoms. The molecular weight excluding hydrogens is 316 g/mol. The Bertz CT molecular complexity index is 693. The van der Waals surface area contributed by atoms with Crippen molar-refractivity contribution in [3.8, 4) is 5.69 Å². The molecule has 0 saturated carbocycles. The van der Waals surface area contributed by atoms with Gasteiger partial charge in [0.2, 0.25) is 0 Å². The highest BCUT2D eigenvalue weighted by Crippen LogP contribution is 2.21. The second kappa shape index (κ2) is 7.37. The summed E-state index contributed by atoms with van der Waals surface area (Å²) in [5.74, 6) is 0.717. The fraction of sp³-hybridized carbons (Fsp3) is 0.474. The Hall–Kier alpha value is -2.18. The van der Waals surface area contributed by atoms with Crippen LogP contribution in [0.1, 0.15) is 16.8 Å². The van der Waals surface area contributed by atoms with E-state index >= 15 is 0 Å². The van der Waals surface area contributed by atoms with Crippen LogP contribution in [-0.2, 0) is 4.74 Å². The average molecular weight is 340 g/mol. The predicted octanol–water partition coefficient (Wildman–Crippen LogP) is 1.67. The second-order valence-electron chi connectivity index (χ2n) is 6.84. The third-order valence-corrected chi connectivity index (χ3v) is 5.11.